The van der Waals surface area contributed by atoms with Gasteiger partial charge in [-0.1, -0.05) is 12.1 Å². The van der Waals surface area contributed by atoms with E-state index in [0.29, 0.717) is 18.0 Å². The molecular weight excluding hydrogens is 244 g/mol. The number of benzene rings is 2. The second kappa shape index (κ2) is 5.91. The van der Waals surface area contributed by atoms with Gasteiger partial charge in [-0.15, -0.1) is 0 Å². The minimum absolute atomic E-state index is 0.391. The van der Waals surface area contributed by atoms with Gasteiger partial charge < -0.3 is 14.2 Å². The Morgan fingerprint density at radius 1 is 0.895 bits per heavy atom. The molecule has 0 saturated heterocycles. The Bertz CT molecular complexity index is 561. The number of methoxy groups -OCH3 is 2. The summed E-state index contributed by atoms with van der Waals surface area (Å²) in [5.41, 5.74) is 1.92. The summed E-state index contributed by atoms with van der Waals surface area (Å²) >= 11 is 0. The Morgan fingerprint density at radius 3 is 2.16 bits per heavy atom. The molecule has 2 rings (SSSR count). The van der Waals surface area contributed by atoms with Crippen molar-refractivity contribution in [2.24, 2.45) is 0 Å². The van der Waals surface area contributed by atoms with E-state index < -0.39 is 0 Å². The van der Waals surface area contributed by atoms with Crippen LogP contribution in [0, 0.1) is 0 Å². The third-order valence-corrected chi connectivity index (χ3v) is 2.76. The topological polar surface area (TPSA) is 44.8 Å². The van der Waals surface area contributed by atoms with Crippen molar-refractivity contribution in [3.63, 3.8) is 0 Å². The Morgan fingerprint density at radius 2 is 1.58 bits per heavy atom. The van der Waals surface area contributed by atoms with Gasteiger partial charge in [0.1, 0.15) is 17.2 Å². The third-order valence-electron chi connectivity index (χ3n) is 2.76. The number of ether oxygens (including phenoxy) is 3. The lowest BCUT2D eigenvalue weighted by molar-refractivity contribution is -0.120. The normalized spacial score (nSPS) is 9.79. The van der Waals surface area contributed by atoms with Gasteiger partial charge in [0.05, 0.1) is 14.2 Å². The van der Waals surface area contributed by atoms with Gasteiger partial charge in [-0.2, -0.15) is 0 Å². The molecule has 0 N–H and O–H groups in total. The van der Waals surface area contributed by atoms with E-state index in [0.717, 1.165) is 16.9 Å². The van der Waals surface area contributed by atoms with E-state index in [2.05, 4.69) is 0 Å². The van der Waals surface area contributed by atoms with Crippen molar-refractivity contribution >= 4 is 6.47 Å². The molecule has 2 aromatic carbocycles. The molecule has 0 aliphatic rings. The maximum atomic E-state index is 10.3. The van der Waals surface area contributed by atoms with Gasteiger partial charge in [-0.25, -0.2) is 0 Å². The molecule has 98 valence electrons. The summed E-state index contributed by atoms with van der Waals surface area (Å²) in [6.07, 6.45) is 0. The lowest BCUT2D eigenvalue weighted by Crippen LogP contribution is -1.92. The molecular formula is C15H14O4. The van der Waals surface area contributed by atoms with Crippen LogP contribution in [0.1, 0.15) is 0 Å². The van der Waals surface area contributed by atoms with Crippen molar-refractivity contribution in [3.8, 4) is 28.4 Å². The molecule has 0 amide bonds. The van der Waals surface area contributed by atoms with Crippen LogP contribution in [0.15, 0.2) is 42.5 Å². The first-order chi connectivity index (χ1) is 9.28. The van der Waals surface area contributed by atoms with Gasteiger partial charge in [0, 0.05) is 11.6 Å². The Labute approximate surface area is 111 Å². The quantitative estimate of drug-likeness (QED) is 0.773. The molecule has 0 fully saturated rings. The zero-order valence-corrected chi connectivity index (χ0v) is 10.8. The first kappa shape index (κ1) is 13.0. The fourth-order valence-electron chi connectivity index (χ4n) is 1.81. The smallest absolute Gasteiger partial charge is 0.298 e. The highest BCUT2D eigenvalue weighted by Crippen LogP contribution is 2.33. The predicted octanol–water partition coefficient (Wildman–Crippen LogP) is 2.91. The van der Waals surface area contributed by atoms with E-state index in [4.69, 9.17) is 14.2 Å². The lowest BCUT2D eigenvalue weighted by atomic mass is 10.0. The number of rotatable bonds is 5. The van der Waals surface area contributed by atoms with E-state index in [1.54, 1.807) is 26.4 Å². The number of hydrogen-bond donors (Lipinski definition) is 0. The molecule has 4 heteroatoms. The molecule has 0 heterocycles. The van der Waals surface area contributed by atoms with Crippen molar-refractivity contribution in [2.75, 3.05) is 14.2 Å². The minimum Gasteiger partial charge on any atom is -0.497 e. The molecule has 0 aliphatic heterocycles. The van der Waals surface area contributed by atoms with Gasteiger partial charge in [0.15, 0.2) is 0 Å². The van der Waals surface area contributed by atoms with Gasteiger partial charge in [-0.3, -0.25) is 4.79 Å². The average molecular weight is 258 g/mol. The molecule has 0 aliphatic carbocycles. The van der Waals surface area contributed by atoms with Crippen LogP contribution in [0.25, 0.3) is 11.1 Å². The summed E-state index contributed by atoms with van der Waals surface area (Å²) in [5, 5.41) is 0. The van der Waals surface area contributed by atoms with Crippen molar-refractivity contribution in [3.05, 3.63) is 42.5 Å². The zero-order chi connectivity index (χ0) is 13.7. The highest BCUT2D eigenvalue weighted by atomic mass is 16.5. The molecule has 0 unspecified atom stereocenters. The third kappa shape index (κ3) is 2.85. The van der Waals surface area contributed by atoms with Crippen molar-refractivity contribution in [1.82, 2.24) is 0 Å². The summed E-state index contributed by atoms with van der Waals surface area (Å²) in [5.74, 6) is 1.89. The van der Waals surface area contributed by atoms with Crippen LogP contribution in [-0.2, 0) is 4.79 Å². The van der Waals surface area contributed by atoms with E-state index in [1.807, 2.05) is 30.3 Å². The summed E-state index contributed by atoms with van der Waals surface area (Å²) in [4.78, 5) is 10.3. The maximum Gasteiger partial charge on any atom is 0.298 e. The summed E-state index contributed by atoms with van der Waals surface area (Å²) < 4.78 is 15.2. The van der Waals surface area contributed by atoms with E-state index in [9.17, 15) is 4.79 Å². The van der Waals surface area contributed by atoms with Gasteiger partial charge in [0.25, 0.3) is 6.47 Å². The van der Waals surface area contributed by atoms with Crippen LogP contribution in [0.5, 0.6) is 17.2 Å². The molecule has 19 heavy (non-hydrogen) atoms. The number of carbonyl (C=O) groups excluding carboxylic acids is 1. The SMILES string of the molecule is COc1ccc(-c2ccc(OC=O)cc2OC)cc1. The largest absolute Gasteiger partial charge is 0.497 e. The van der Waals surface area contributed by atoms with Gasteiger partial charge in [-0.05, 0) is 29.8 Å². The van der Waals surface area contributed by atoms with Crippen LogP contribution >= 0.6 is 0 Å². The number of carbonyl (C=O) groups is 1. The van der Waals surface area contributed by atoms with Crippen LogP contribution in [-0.4, -0.2) is 20.7 Å². The van der Waals surface area contributed by atoms with E-state index in [1.165, 1.54) is 0 Å². The van der Waals surface area contributed by atoms with Gasteiger partial charge in [0.2, 0.25) is 0 Å². The second-order valence-corrected chi connectivity index (χ2v) is 3.80. The Hall–Kier alpha value is -2.49. The highest BCUT2D eigenvalue weighted by molar-refractivity contribution is 5.72. The highest BCUT2D eigenvalue weighted by Gasteiger charge is 2.07. The first-order valence-corrected chi connectivity index (χ1v) is 5.71. The monoisotopic (exact) mass is 258 g/mol. The standard InChI is InChI=1S/C15H14O4/c1-17-12-5-3-11(4-6-12)14-8-7-13(19-10-16)9-15(14)18-2/h3-10H,1-2H3. The molecule has 0 saturated carbocycles. The summed E-state index contributed by atoms with van der Waals surface area (Å²) in [6.45, 7) is 0.391. The maximum absolute atomic E-state index is 10.3. The van der Waals surface area contributed by atoms with Crippen LogP contribution < -0.4 is 14.2 Å². The summed E-state index contributed by atoms with van der Waals surface area (Å²) in [7, 11) is 3.20. The zero-order valence-electron chi connectivity index (χ0n) is 10.8. The van der Waals surface area contributed by atoms with Crippen LogP contribution in [0.2, 0.25) is 0 Å². The molecule has 2 aromatic rings. The van der Waals surface area contributed by atoms with Gasteiger partial charge >= 0.3 is 0 Å². The molecule has 0 spiro atoms. The van der Waals surface area contributed by atoms with E-state index in [-0.39, 0.29) is 0 Å². The number of hydrogen-bond acceptors (Lipinski definition) is 4. The average Bonchev–Trinajstić information content (AvgIpc) is 2.47. The lowest BCUT2D eigenvalue weighted by Gasteiger charge is -2.10. The minimum atomic E-state index is 0.391. The molecule has 4 nitrogen and oxygen atoms in total. The fraction of sp³-hybridized carbons (Fsp3) is 0.133. The first-order valence-electron chi connectivity index (χ1n) is 5.71. The molecule has 0 bridgehead atoms. The van der Waals surface area contributed by atoms with Crippen molar-refractivity contribution in [1.29, 1.82) is 0 Å². The summed E-state index contributed by atoms with van der Waals surface area (Å²) in [6, 6.07) is 12.9. The van der Waals surface area contributed by atoms with E-state index >= 15 is 0 Å². The molecule has 0 radical (unpaired) electrons. The van der Waals surface area contributed by atoms with Crippen LogP contribution in [0.4, 0.5) is 0 Å². The second-order valence-electron chi connectivity index (χ2n) is 3.80. The Kier molecular flexibility index (Phi) is 4.03. The molecule has 0 aromatic heterocycles. The van der Waals surface area contributed by atoms with Crippen molar-refractivity contribution in [2.45, 2.75) is 0 Å². The molecule has 0 atom stereocenters. The van der Waals surface area contributed by atoms with Crippen LogP contribution in [0.3, 0.4) is 0 Å². The Balaban J connectivity index is 2.39. The predicted molar refractivity (Wildman–Crippen MR) is 71.7 cm³/mol. The van der Waals surface area contributed by atoms with Crippen molar-refractivity contribution < 1.29 is 19.0 Å². The fourth-order valence-corrected chi connectivity index (χ4v) is 1.81.